The maximum absolute atomic E-state index is 13.0. The molecule has 3 heterocycles. The van der Waals surface area contributed by atoms with E-state index in [1.807, 2.05) is 0 Å². The zero-order valence-electron chi connectivity index (χ0n) is 14.4. The summed E-state index contributed by atoms with van der Waals surface area (Å²) in [5.74, 6) is 0.398. The third-order valence-electron chi connectivity index (χ3n) is 6.18. The Morgan fingerprint density at radius 1 is 1.05 bits per heavy atom. The molecule has 0 N–H and O–H groups in total. The van der Waals surface area contributed by atoms with E-state index in [4.69, 9.17) is 4.74 Å². The van der Waals surface area contributed by atoms with E-state index < -0.39 is 0 Å². The van der Waals surface area contributed by atoms with Crippen molar-refractivity contribution in [2.75, 3.05) is 32.8 Å². The van der Waals surface area contributed by atoms with E-state index in [1.54, 1.807) is 0 Å². The fraction of sp³-hybridized carbons (Fsp3) is 0.944. The lowest BCUT2D eigenvalue weighted by atomic mass is 9.72. The van der Waals surface area contributed by atoms with E-state index in [9.17, 15) is 4.79 Å². The van der Waals surface area contributed by atoms with Crippen LogP contribution >= 0.6 is 0 Å². The van der Waals surface area contributed by atoms with Crippen molar-refractivity contribution < 1.29 is 9.53 Å². The van der Waals surface area contributed by atoms with Gasteiger partial charge in [0.2, 0.25) is 5.91 Å². The van der Waals surface area contributed by atoms with Crippen LogP contribution in [0.15, 0.2) is 0 Å². The first-order valence-corrected chi connectivity index (χ1v) is 9.24. The smallest absolute Gasteiger partial charge is 0.239 e. The summed E-state index contributed by atoms with van der Waals surface area (Å²) in [5, 5.41) is 0. The molecule has 0 aromatic carbocycles. The van der Waals surface area contributed by atoms with E-state index in [0.717, 1.165) is 39.3 Å². The van der Waals surface area contributed by atoms with Gasteiger partial charge in [0, 0.05) is 32.3 Å². The molecule has 4 nitrogen and oxygen atoms in total. The molecule has 22 heavy (non-hydrogen) atoms. The molecule has 1 unspecified atom stereocenters. The molecule has 3 aliphatic rings. The van der Waals surface area contributed by atoms with Crippen LogP contribution in [0.5, 0.6) is 0 Å². The van der Waals surface area contributed by atoms with Crippen LogP contribution in [0.4, 0.5) is 0 Å². The van der Waals surface area contributed by atoms with Gasteiger partial charge in [-0.3, -0.25) is 9.69 Å². The van der Waals surface area contributed by atoms with Crippen LogP contribution in [0.3, 0.4) is 0 Å². The lowest BCUT2D eigenvalue weighted by Gasteiger charge is -2.46. The second kappa shape index (κ2) is 6.88. The highest BCUT2D eigenvalue weighted by Gasteiger charge is 2.40. The molecule has 0 radical (unpaired) electrons. The minimum absolute atomic E-state index is 0.137. The van der Waals surface area contributed by atoms with Gasteiger partial charge >= 0.3 is 0 Å². The molecule has 3 rings (SSSR count). The average Bonchev–Trinajstić information content (AvgIpc) is 2.56. The number of amides is 1. The lowest BCUT2D eigenvalue weighted by molar-refractivity contribution is -0.142. The number of hydrogen-bond donors (Lipinski definition) is 0. The van der Waals surface area contributed by atoms with Crippen LogP contribution in [0.2, 0.25) is 0 Å². The normalized spacial score (nSPS) is 30.0. The fourth-order valence-electron chi connectivity index (χ4n) is 4.55. The highest BCUT2D eigenvalue weighted by Crippen LogP contribution is 2.40. The van der Waals surface area contributed by atoms with Crippen molar-refractivity contribution in [3.63, 3.8) is 0 Å². The van der Waals surface area contributed by atoms with Crippen molar-refractivity contribution in [2.24, 2.45) is 5.41 Å². The first-order valence-electron chi connectivity index (χ1n) is 9.24. The summed E-state index contributed by atoms with van der Waals surface area (Å²) in [7, 11) is 0. The molecule has 0 bridgehead atoms. The van der Waals surface area contributed by atoms with Gasteiger partial charge in [-0.05, 0) is 64.3 Å². The zero-order chi connectivity index (χ0) is 15.6. The van der Waals surface area contributed by atoms with Gasteiger partial charge < -0.3 is 9.64 Å². The highest BCUT2D eigenvalue weighted by molar-refractivity contribution is 5.82. The van der Waals surface area contributed by atoms with Crippen molar-refractivity contribution in [2.45, 2.75) is 70.9 Å². The van der Waals surface area contributed by atoms with Gasteiger partial charge in [-0.25, -0.2) is 0 Å². The molecule has 1 atom stereocenters. The van der Waals surface area contributed by atoms with E-state index in [1.165, 1.54) is 38.5 Å². The Balaban J connectivity index is 1.59. The van der Waals surface area contributed by atoms with Crippen molar-refractivity contribution in [3.8, 4) is 0 Å². The second-order valence-electron chi connectivity index (χ2n) is 7.78. The van der Waals surface area contributed by atoms with Crippen molar-refractivity contribution in [1.29, 1.82) is 0 Å². The van der Waals surface area contributed by atoms with Gasteiger partial charge in [0.1, 0.15) is 0 Å². The Morgan fingerprint density at radius 2 is 1.73 bits per heavy atom. The van der Waals surface area contributed by atoms with Crippen LogP contribution in [-0.4, -0.2) is 60.6 Å². The number of piperidine rings is 2. The first-order chi connectivity index (χ1) is 10.6. The Hall–Kier alpha value is -0.610. The molecule has 3 aliphatic heterocycles. The topological polar surface area (TPSA) is 32.8 Å². The minimum atomic E-state index is 0.137. The molecule has 4 heteroatoms. The summed E-state index contributed by atoms with van der Waals surface area (Å²) in [6.07, 6.45) is 8.23. The first kappa shape index (κ1) is 16.3. The number of nitrogens with zero attached hydrogens (tertiary/aromatic N) is 2. The summed E-state index contributed by atoms with van der Waals surface area (Å²) in [4.78, 5) is 17.6. The molecule has 0 aliphatic carbocycles. The molecule has 0 aromatic heterocycles. The zero-order valence-corrected chi connectivity index (χ0v) is 14.4. The Kier molecular flexibility index (Phi) is 5.08. The van der Waals surface area contributed by atoms with Gasteiger partial charge in [0.05, 0.1) is 6.04 Å². The SMILES string of the molecule is CC(C)N1CCCCC1C(=O)N1CCC2(CCOCC2)CC1. The van der Waals surface area contributed by atoms with Crippen molar-refractivity contribution in [1.82, 2.24) is 9.80 Å². The number of carbonyl (C=O) groups is 1. The number of carbonyl (C=O) groups excluding carboxylic acids is 1. The summed E-state index contributed by atoms with van der Waals surface area (Å²) < 4.78 is 5.52. The molecule has 0 aromatic rings. The van der Waals surface area contributed by atoms with Crippen LogP contribution in [0.1, 0.15) is 58.8 Å². The fourth-order valence-corrected chi connectivity index (χ4v) is 4.55. The Labute approximate surface area is 135 Å². The number of hydrogen-bond acceptors (Lipinski definition) is 3. The molecular formula is C18H32N2O2. The van der Waals surface area contributed by atoms with Crippen LogP contribution < -0.4 is 0 Å². The maximum atomic E-state index is 13.0. The molecule has 1 amide bonds. The standard InChI is InChI=1S/C18H32N2O2/c1-15(2)20-10-4-3-5-16(20)17(21)19-11-6-18(7-12-19)8-13-22-14-9-18/h15-16H,3-14H2,1-2H3. The number of ether oxygens (including phenoxy) is 1. The Bertz CT molecular complexity index is 381. The minimum Gasteiger partial charge on any atom is -0.381 e. The molecule has 3 fully saturated rings. The highest BCUT2D eigenvalue weighted by atomic mass is 16.5. The predicted molar refractivity (Wildman–Crippen MR) is 87.8 cm³/mol. The largest absolute Gasteiger partial charge is 0.381 e. The molecule has 1 spiro atoms. The lowest BCUT2D eigenvalue weighted by Crippen LogP contribution is -2.55. The summed E-state index contributed by atoms with van der Waals surface area (Å²) in [5.41, 5.74) is 0.472. The van der Waals surface area contributed by atoms with Gasteiger partial charge in [-0.2, -0.15) is 0 Å². The maximum Gasteiger partial charge on any atom is 0.239 e. The Morgan fingerprint density at radius 3 is 2.36 bits per heavy atom. The van der Waals surface area contributed by atoms with E-state index >= 15 is 0 Å². The molecule has 3 saturated heterocycles. The van der Waals surface area contributed by atoms with Gasteiger partial charge in [-0.15, -0.1) is 0 Å². The van der Waals surface area contributed by atoms with Gasteiger partial charge in [-0.1, -0.05) is 6.42 Å². The average molecular weight is 308 g/mol. The van der Waals surface area contributed by atoms with Crippen molar-refractivity contribution in [3.05, 3.63) is 0 Å². The van der Waals surface area contributed by atoms with Gasteiger partial charge in [0.25, 0.3) is 0 Å². The third-order valence-corrected chi connectivity index (χ3v) is 6.18. The van der Waals surface area contributed by atoms with Crippen LogP contribution in [0.25, 0.3) is 0 Å². The van der Waals surface area contributed by atoms with Crippen molar-refractivity contribution >= 4 is 5.91 Å². The molecular weight excluding hydrogens is 276 g/mol. The third kappa shape index (κ3) is 3.33. The van der Waals surface area contributed by atoms with Crippen LogP contribution in [-0.2, 0) is 9.53 Å². The summed E-state index contributed by atoms with van der Waals surface area (Å²) in [6.45, 7) is 9.28. The van der Waals surface area contributed by atoms with Crippen LogP contribution in [0, 0.1) is 5.41 Å². The van der Waals surface area contributed by atoms with Gasteiger partial charge in [0.15, 0.2) is 0 Å². The molecule has 126 valence electrons. The monoisotopic (exact) mass is 308 g/mol. The predicted octanol–water partition coefficient (Wildman–Crippen LogP) is 2.67. The van der Waals surface area contributed by atoms with E-state index in [0.29, 0.717) is 17.4 Å². The number of likely N-dealkylation sites (tertiary alicyclic amines) is 2. The second-order valence-corrected chi connectivity index (χ2v) is 7.78. The summed E-state index contributed by atoms with van der Waals surface area (Å²) in [6, 6.07) is 0.610. The summed E-state index contributed by atoms with van der Waals surface area (Å²) >= 11 is 0. The molecule has 0 saturated carbocycles. The number of rotatable bonds is 2. The van der Waals surface area contributed by atoms with E-state index in [-0.39, 0.29) is 6.04 Å². The van der Waals surface area contributed by atoms with E-state index in [2.05, 4.69) is 23.6 Å². The quantitative estimate of drug-likeness (QED) is 0.786.